The molecule has 2 N–H and O–H groups in total. The lowest BCUT2D eigenvalue weighted by Crippen LogP contribution is -2.50. The minimum Gasteiger partial charge on any atom is -0.389 e. The van der Waals surface area contributed by atoms with Gasteiger partial charge >= 0.3 is 0 Å². The maximum absolute atomic E-state index is 9.85. The molecule has 1 fully saturated rings. The first-order chi connectivity index (χ1) is 8.98. The molecule has 1 aliphatic rings. The number of β-amino-alcohol motifs (C(OH)–C–C–N with tert-alkyl or cyclic N) is 1. The highest BCUT2D eigenvalue weighted by Crippen LogP contribution is 2.19. The number of aromatic nitrogens is 1. The van der Waals surface area contributed by atoms with Crippen molar-refractivity contribution >= 4 is 11.4 Å². The summed E-state index contributed by atoms with van der Waals surface area (Å²) in [4.78, 5) is 8.90. The third-order valence-corrected chi connectivity index (χ3v) is 3.36. The largest absolute Gasteiger partial charge is 0.389 e. The number of nitrogens with one attached hydrogen (secondary N) is 1. The maximum atomic E-state index is 9.85. The second kappa shape index (κ2) is 5.75. The fraction of sp³-hybridized carbons (Fsp3) is 0.643. The average molecular weight is 264 g/mol. The molecule has 0 aromatic carbocycles. The zero-order chi connectivity index (χ0) is 13.9. The third kappa shape index (κ3) is 4.08. The molecule has 0 atom stereocenters. The van der Waals surface area contributed by atoms with Gasteiger partial charge in [-0.1, -0.05) is 0 Å². The first kappa shape index (κ1) is 14.1. The molecule has 0 amide bonds. The van der Waals surface area contributed by atoms with Crippen molar-refractivity contribution in [2.45, 2.75) is 19.4 Å². The van der Waals surface area contributed by atoms with Crippen molar-refractivity contribution in [1.29, 1.82) is 0 Å². The number of hydrogen-bond acceptors (Lipinski definition) is 5. The van der Waals surface area contributed by atoms with E-state index in [0.717, 1.165) is 44.1 Å². The minimum absolute atomic E-state index is 0.615. The molecule has 2 rings (SSSR count). The molecule has 0 spiro atoms. The second-order valence-corrected chi connectivity index (χ2v) is 5.76. The van der Waals surface area contributed by atoms with Crippen molar-refractivity contribution in [3.8, 4) is 0 Å². The number of piperazine rings is 1. The van der Waals surface area contributed by atoms with Gasteiger partial charge in [0.25, 0.3) is 0 Å². The summed E-state index contributed by atoms with van der Waals surface area (Å²) in [5.74, 6) is 0. The van der Waals surface area contributed by atoms with Crippen molar-refractivity contribution in [2.75, 3.05) is 50.0 Å². The summed E-state index contributed by atoms with van der Waals surface area (Å²) in [7, 11) is 1.90. The van der Waals surface area contributed by atoms with E-state index in [1.807, 2.05) is 33.3 Å². The van der Waals surface area contributed by atoms with Crippen LogP contribution >= 0.6 is 0 Å². The molecule has 0 bridgehead atoms. The van der Waals surface area contributed by atoms with Gasteiger partial charge in [-0.3, -0.25) is 9.88 Å². The molecule has 1 aromatic rings. The van der Waals surface area contributed by atoms with Gasteiger partial charge in [0.15, 0.2) is 0 Å². The van der Waals surface area contributed by atoms with Crippen molar-refractivity contribution in [2.24, 2.45) is 0 Å². The Morgan fingerprint density at radius 1 is 1.26 bits per heavy atom. The fourth-order valence-electron chi connectivity index (χ4n) is 2.45. The lowest BCUT2D eigenvalue weighted by molar-refractivity contribution is 0.0345. The average Bonchev–Trinajstić information content (AvgIpc) is 2.38. The van der Waals surface area contributed by atoms with Gasteiger partial charge in [0, 0.05) is 39.8 Å². The van der Waals surface area contributed by atoms with Crippen LogP contribution < -0.4 is 10.2 Å². The van der Waals surface area contributed by atoms with Crippen LogP contribution in [0.2, 0.25) is 0 Å². The molecule has 106 valence electrons. The third-order valence-electron chi connectivity index (χ3n) is 3.36. The van der Waals surface area contributed by atoms with Crippen molar-refractivity contribution in [3.05, 3.63) is 18.5 Å². The molecule has 1 saturated heterocycles. The number of hydrogen-bond donors (Lipinski definition) is 2. The van der Waals surface area contributed by atoms with E-state index < -0.39 is 5.60 Å². The predicted octanol–water partition coefficient (Wildman–Crippen LogP) is 1.02. The first-order valence-electron chi connectivity index (χ1n) is 6.80. The summed E-state index contributed by atoms with van der Waals surface area (Å²) >= 11 is 0. The lowest BCUT2D eigenvalue weighted by atomic mass is 10.1. The van der Waals surface area contributed by atoms with Gasteiger partial charge in [0.2, 0.25) is 0 Å². The molecule has 5 heteroatoms. The Labute approximate surface area is 115 Å². The van der Waals surface area contributed by atoms with E-state index in [4.69, 9.17) is 0 Å². The Hall–Kier alpha value is -1.33. The first-order valence-corrected chi connectivity index (χ1v) is 6.80. The highest BCUT2D eigenvalue weighted by Gasteiger charge is 2.22. The predicted molar refractivity (Wildman–Crippen MR) is 78.7 cm³/mol. The summed E-state index contributed by atoms with van der Waals surface area (Å²) in [6, 6.07) is 2.12. The maximum Gasteiger partial charge on any atom is 0.0718 e. The van der Waals surface area contributed by atoms with E-state index in [0.29, 0.717) is 0 Å². The molecular weight excluding hydrogens is 240 g/mol. The highest BCUT2D eigenvalue weighted by molar-refractivity contribution is 5.55. The zero-order valence-corrected chi connectivity index (χ0v) is 12.1. The number of aliphatic hydroxyl groups is 1. The van der Waals surface area contributed by atoms with Gasteiger partial charge < -0.3 is 15.3 Å². The highest BCUT2D eigenvalue weighted by atomic mass is 16.3. The van der Waals surface area contributed by atoms with Crippen LogP contribution in [0.5, 0.6) is 0 Å². The smallest absolute Gasteiger partial charge is 0.0718 e. The zero-order valence-electron chi connectivity index (χ0n) is 12.1. The Morgan fingerprint density at radius 2 is 1.95 bits per heavy atom. The van der Waals surface area contributed by atoms with Gasteiger partial charge in [0.05, 0.1) is 29.4 Å². The van der Waals surface area contributed by atoms with Crippen LogP contribution in [-0.4, -0.2) is 60.4 Å². The van der Waals surface area contributed by atoms with Crippen LogP contribution in [-0.2, 0) is 0 Å². The molecule has 0 saturated carbocycles. The second-order valence-electron chi connectivity index (χ2n) is 5.76. The van der Waals surface area contributed by atoms with Crippen LogP contribution in [0.15, 0.2) is 18.5 Å². The van der Waals surface area contributed by atoms with E-state index in [-0.39, 0.29) is 0 Å². The van der Waals surface area contributed by atoms with E-state index in [1.54, 1.807) is 0 Å². The monoisotopic (exact) mass is 264 g/mol. The van der Waals surface area contributed by atoms with Gasteiger partial charge in [-0.25, -0.2) is 0 Å². The van der Waals surface area contributed by atoms with Gasteiger partial charge in [-0.2, -0.15) is 0 Å². The molecule has 1 aliphatic heterocycles. The Bertz CT molecular complexity index is 408. The molecular formula is C14H24N4O. The SMILES string of the molecule is CNc1cncc(N2CCN(CC(C)(C)O)CC2)c1. The van der Waals surface area contributed by atoms with Crippen LogP contribution in [0.4, 0.5) is 11.4 Å². The number of pyridine rings is 1. The van der Waals surface area contributed by atoms with Crippen LogP contribution in [0.25, 0.3) is 0 Å². The lowest BCUT2D eigenvalue weighted by Gasteiger charge is -2.38. The normalized spacial score (nSPS) is 17.6. The molecule has 2 heterocycles. The topological polar surface area (TPSA) is 51.6 Å². The summed E-state index contributed by atoms with van der Waals surface area (Å²) < 4.78 is 0. The van der Waals surface area contributed by atoms with Crippen molar-refractivity contribution in [1.82, 2.24) is 9.88 Å². The van der Waals surface area contributed by atoms with Crippen LogP contribution in [0.1, 0.15) is 13.8 Å². The summed E-state index contributed by atoms with van der Waals surface area (Å²) in [6.45, 7) is 8.37. The summed E-state index contributed by atoms with van der Waals surface area (Å²) in [6.07, 6.45) is 3.74. The van der Waals surface area contributed by atoms with Gasteiger partial charge in [-0.05, 0) is 19.9 Å². The Morgan fingerprint density at radius 3 is 2.53 bits per heavy atom. The van der Waals surface area contributed by atoms with E-state index in [2.05, 4.69) is 26.2 Å². The minimum atomic E-state index is -0.615. The number of anilines is 2. The van der Waals surface area contributed by atoms with Gasteiger partial charge in [-0.15, -0.1) is 0 Å². The number of rotatable bonds is 4. The van der Waals surface area contributed by atoms with E-state index >= 15 is 0 Å². The van der Waals surface area contributed by atoms with E-state index in [1.165, 1.54) is 0 Å². The summed E-state index contributed by atoms with van der Waals surface area (Å²) in [5, 5.41) is 13.0. The molecule has 5 nitrogen and oxygen atoms in total. The summed E-state index contributed by atoms with van der Waals surface area (Å²) in [5.41, 5.74) is 1.58. The van der Waals surface area contributed by atoms with Crippen LogP contribution in [0, 0.1) is 0 Å². The molecule has 0 radical (unpaired) electrons. The molecule has 1 aromatic heterocycles. The van der Waals surface area contributed by atoms with Gasteiger partial charge in [0.1, 0.15) is 0 Å². The molecule has 19 heavy (non-hydrogen) atoms. The molecule has 0 unspecified atom stereocenters. The van der Waals surface area contributed by atoms with Crippen molar-refractivity contribution < 1.29 is 5.11 Å². The van der Waals surface area contributed by atoms with E-state index in [9.17, 15) is 5.11 Å². The standard InChI is InChI=1S/C14H24N4O/c1-14(2,19)11-17-4-6-18(7-5-17)13-8-12(15-3)9-16-10-13/h8-10,15,19H,4-7,11H2,1-3H3. The van der Waals surface area contributed by atoms with Crippen LogP contribution in [0.3, 0.4) is 0 Å². The fourth-order valence-corrected chi connectivity index (χ4v) is 2.45. The quantitative estimate of drug-likeness (QED) is 0.850. The number of nitrogens with zero attached hydrogens (tertiary/aromatic N) is 3. The Kier molecular flexibility index (Phi) is 4.27. The van der Waals surface area contributed by atoms with Crippen molar-refractivity contribution in [3.63, 3.8) is 0 Å². The molecule has 0 aliphatic carbocycles. The Balaban J connectivity index is 1.92.